The van der Waals surface area contributed by atoms with Crippen LogP contribution in [0.15, 0.2) is 66.7 Å². The summed E-state index contributed by atoms with van der Waals surface area (Å²) in [7, 11) is 0. The number of carbonyl (C=O) groups excluding carboxylic acids is 3. The van der Waals surface area contributed by atoms with Crippen molar-refractivity contribution in [1.82, 2.24) is 0 Å². The van der Waals surface area contributed by atoms with Crippen molar-refractivity contribution >= 4 is 23.5 Å². The van der Waals surface area contributed by atoms with Crippen molar-refractivity contribution in [2.24, 2.45) is 23.7 Å². The number of rotatable bonds is 3. The number of allylic oxidation sites excluding steroid dienone is 2. The number of imide groups is 1. The van der Waals surface area contributed by atoms with E-state index in [4.69, 9.17) is 4.74 Å². The molecular formula is C22H17NO4. The van der Waals surface area contributed by atoms with Crippen LogP contribution in [-0.2, 0) is 9.59 Å². The number of ether oxygens (including phenoxy) is 1. The predicted octanol–water partition coefficient (Wildman–Crippen LogP) is 3.22. The summed E-state index contributed by atoms with van der Waals surface area (Å²) < 4.78 is 5.35. The minimum absolute atomic E-state index is 0.115. The number of hydrogen-bond acceptors (Lipinski definition) is 4. The van der Waals surface area contributed by atoms with Gasteiger partial charge in [-0.1, -0.05) is 30.4 Å². The number of fused-ring (bicyclic) bond motifs is 5. The lowest BCUT2D eigenvalue weighted by molar-refractivity contribution is -0.123. The molecule has 27 heavy (non-hydrogen) atoms. The third kappa shape index (κ3) is 2.42. The quantitative estimate of drug-likeness (QED) is 0.365. The molecule has 5 rings (SSSR count). The molecule has 1 heterocycles. The van der Waals surface area contributed by atoms with Crippen LogP contribution in [0.4, 0.5) is 5.69 Å². The van der Waals surface area contributed by atoms with Gasteiger partial charge < -0.3 is 4.74 Å². The zero-order valence-electron chi connectivity index (χ0n) is 14.4. The van der Waals surface area contributed by atoms with Gasteiger partial charge in [0.25, 0.3) is 0 Å². The highest BCUT2D eigenvalue weighted by Crippen LogP contribution is 2.53. The Labute approximate surface area is 156 Å². The largest absolute Gasteiger partial charge is 0.423 e. The standard InChI is InChI=1S/C22H17NO4/c24-20-18-14-6-7-15(12-14)19(18)21(25)23(20)16-8-10-17(11-9-16)27-22(26)13-4-2-1-3-5-13/h1-11,14-15,18-19H,12H2/t14-,15-,18-,19+/m0/s1. The lowest BCUT2D eigenvalue weighted by Gasteiger charge is -2.17. The lowest BCUT2D eigenvalue weighted by atomic mass is 9.85. The first-order valence-corrected chi connectivity index (χ1v) is 9.07. The second kappa shape index (κ2) is 5.91. The Morgan fingerprint density at radius 2 is 1.44 bits per heavy atom. The molecule has 0 radical (unpaired) electrons. The second-order valence-corrected chi connectivity index (χ2v) is 7.26. The summed E-state index contributed by atoms with van der Waals surface area (Å²) >= 11 is 0. The molecular weight excluding hydrogens is 342 g/mol. The molecule has 1 aliphatic heterocycles. The third-order valence-electron chi connectivity index (χ3n) is 5.79. The van der Waals surface area contributed by atoms with Crippen LogP contribution >= 0.6 is 0 Å². The fourth-order valence-electron chi connectivity index (χ4n) is 4.56. The van der Waals surface area contributed by atoms with Crippen LogP contribution in [0.3, 0.4) is 0 Å². The molecule has 0 N–H and O–H groups in total. The molecule has 2 aromatic rings. The molecule has 0 unspecified atom stereocenters. The van der Waals surface area contributed by atoms with Crippen LogP contribution in [0.5, 0.6) is 5.75 Å². The molecule has 0 aromatic heterocycles. The van der Waals surface area contributed by atoms with E-state index in [2.05, 4.69) is 12.2 Å². The topological polar surface area (TPSA) is 63.7 Å². The van der Waals surface area contributed by atoms with E-state index in [1.165, 1.54) is 4.90 Å². The van der Waals surface area contributed by atoms with Crippen LogP contribution in [-0.4, -0.2) is 17.8 Å². The molecule has 1 saturated carbocycles. The average molecular weight is 359 g/mol. The minimum Gasteiger partial charge on any atom is -0.423 e. The SMILES string of the molecule is O=C(Oc1ccc(N2C(=O)[C@@H]3[C@H](C2=O)[C@H]2C=C[C@H]3C2)cc1)c1ccccc1. The smallest absolute Gasteiger partial charge is 0.343 e. The normalized spacial score (nSPS) is 27.9. The summed E-state index contributed by atoms with van der Waals surface area (Å²) in [6.45, 7) is 0. The molecule has 134 valence electrons. The third-order valence-corrected chi connectivity index (χ3v) is 5.79. The van der Waals surface area contributed by atoms with Gasteiger partial charge in [-0.2, -0.15) is 0 Å². The number of benzene rings is 2. The van der Waals surface area contributed by atoms with Crippen molar-refractivity contribution in [3.8, 4) is 5.75 Å². The van der Waals surface area contributed by atoms with Crippen molar-refractivity contribution in [3.05, 3.63) is 72.3 Å². The Bertz CT molecular complexity index is 934. The molecule has 2 fully saturated rings. The molecule has 0 spiro atoms. The number of carbonyl (C=O) groups is 3. The van der Waals surface area contributed by atoms with Crippen LogP contribution in [0.25, 0.3) is 0 Å². The Balaban J connectivity index is 1.35. The number of hydrogen-bond donors (Lipinski definition) is 0. The van der Waals surface area contributed by atoms with Crippen molar-refractivity contribution in [2.45, 2.75) is 6.42 Å². The van der Waals surface area contributed by atoms with Gasteiger partial charge in [-0.15, -0.1) is 0 Å². The fourth-order valence-corrected chi connectivity index (χ4v) is 4.56. The first-order valence-electron chi connectivity index (χ1n) is 9.07. The van der Waals surface area contributed by atoms with Crippen LogP contribution in [0, 0.1) is 23.7 Å². The van der Waals surface area contributed by atoms with Crippen LogP contribution < -0.4 is 9.64 Å². The lowest BCUT2D eigenvalue weighted by Crippen LogP contribution is -2.32. The van der Waals surface area contributed by atoms with Gasteiger partial charge in [-0.3, -0.25) is 14.5 Å². The summed E-state index contributed by atoms with van der Waals surface area (Å²) in [5.41, 5.74) is 0.987. The number of amides is 2. The summed E-state index contributed by atoms with van der Waals surface area (Å²) in [6.07, 6.45) is 5.06. The van der Waals surface area contributed by atoms with E-state index < -0.39 is 5.97 Å². The van der Waals surface area contributed by atoms with Gasteiger partial charge in [0.05, 0.1) is 23.1 Å². The molecule has 4 atom stereocenters. The Hall–Kier alpha value is -3.21. The maximum absolute atomic E-state index is 12.8. The fraction of sp³-hybridized carbons (Fsp3) is 0.227. The maximum Gasteiger partial charge on any atom is 0.343 e. The molecule has 2 aliphatic carbocycles. The van der Waals surface area contributed by atoms with Crippen molar-refractivity contribution < 1.29 is 19.1 Å². The van der Waals surface area contributed by atoms with Gasteiger partial charge in [-0.05, 0) is 54.7 Å². The molecule has 1 saturated heterocycles. The van der Waals surface area contributed by atoms with Crippen LogP contribution in [0.1, 0.15) is 16.8 Å². The van der Waals surface area contributed by atoms with E-state index in [1.54, 1.807) is 48.5 Å². The summed E-state index contributed by atoms with van der Waals surface area (Å²) in [4.78, 5) is 39.1. The van der Waals surface area contributed by atoms with Gasteiger partial charge >= 0.3 is 5.97 Å². The zero-order valence-corrected chi connectivity index (χ0v) is 14.4. The van der Waals surface area contributed by atoms with E-state index >= 15 is 0 Å². The van der Waals surface area contributed by atoms with Crippen molar-refractivity contribution in [1.29, 1.82) is 0 Å². The number of nitrogens with zero attached hydrogens (tertiary/aromatic N) is 1. The van der Waals surface area contributed by atoms with E-state index in [0.717, 1.165) is 6.42 Å². The molecule has 2 bridgehead atoms. The highest BCUT2D eigenvalue weighted by Gasteiger charge is 2.59. The van der Waals surface area contributed by atoms with Gasteiger partial charge in [0.1, 0.15) is 5.75 Å². The van der Waals surface area contributed by atoms with Crippen molar-refractivity contribution in [3.63, 3.8) is 0 Å². The zero-order chi connectivity index (χ0) is 18.5. The van der Waals surface area contributed by atoms with Crippen LogP contribution in [0.2, 0.25) is 0 Å². The van der Waals surface area contributed by atoms with E-state index in [1.807, 2.05) is 6.07 Å². The molecule has 5 heteroatoms. The van der Waals surface area contributed by atoms with E-state index in [-0.39, 0.29) is 35.5 Å². The molecule has 3 aliphatic rings. The summed E-state index contributed by atoms with van der Waals surface area (Å²) in [6, 6.07) is 15.2. The molecule has 5 nitrogen and oxygen atoms in total. The van der Waals surface area contributed by atoms with E-state index in [9.17, 15) is 14.4 Å². The predicted molar refractivity (Wildman–Crippen MR) is 98.1 cm³/mol. The van der Waals surface area contributed by atoms with Gasteiger partial charge in [0.2, 0.25) is 11.8 Å². The first kappa shape index (κ1) is 16.0. The average Bonchev–Trinajstić information content (AvgIpc) is 3.37. The number of esters is 1. The number of anilines is 1. The maximum atomic E-state index is 12.8. The molecule has 2 amide bonds. The Kier molecular flexibility index (Phi) is 3.50. The highest BCUT2D eigenvalue weighted by molar-refractivity contribution is 6.22. The summed E-state index contributed by atoms with van der Waals surface area (Å²) in [5, 5.41) is 0. The monoisotopic (exact) mass is 359 g/mol. The Morgan fingerprint density at radius 1 is 0.852 bits per heavy atom. The van der Waals surface area contributed by atoms with Gasteiger partial charge in [0.15, 0.2) is 0 Å². The van der Waals surface area contributed by atoms with Crippen molar-refractivity contribution in [2.75, 3.05) is 4.90 Å². The van der Waals surface area contributed by atoms with E-state index in [0.29, 0.717) is 17.0 Å². The summed E-state index contributed by atoms with van der Waals surface area (Å²) in [5.74, 6) is -0.375. The Morgan fingerprint density at radius 3 is 2.04 bits per heavy atom. The molecule has 2 aromatic carbocycles. The highest BCUT2D eigenvalue weighted by atomic mass is 16.5. The van der Waals surface area contributed by atoms with Gasteiger partial charge in [0, 0.05) is 0 Å². The van der Waals surface area contributed by atoms with Gasteiger partial charge in [-0.25, -0.2) is 4.79 Å². The first-order chi connectivity index (χ1) is 13.1. The minimum atomic E-state index is -0.450. The second-order valence-electron chi connectivity index (χ2n) is 7.26.